The molecule has 0 fully saturated rings. The van der Waals surface area contributed by atoms with Crippen LogP contribution in [-0.2, 0) is 0 Å². The minimum Gasteiger partial charge on any atom is -0.309 e. The van der Waals surface area contributed by atoms with E-state index in [4.69, 9.17) is 15.0 Å². The van der Waals surface area contributed by atoms with Gasteiger partial charge in [0, 0.05) is 33.2 Å². The lowest BCUT2D eigenvalue weighted by Gasteiger charge is -2.24. The summed E-state index contributed by atoms with van der Waals surface area (Å²) in [6.07, 6.45) is 0. The van der Waals surface area contributed by atoms with Gasteiger partial charge in [0.2, 0.25) is 6.71 Å². The van der Waals surface area contributed by atoms with Crippen molar-refractivity contribution in [2.75, 3.05) is 0 Å². The molecule has 8 aromatic carbocycles. The van der Waals surface area contributed by atoms with Crippen molar-refractivity contribution in [3.8, 4) is 51.0 Å². The third kappa shape index (κ3) is 7.10. The Bertz CT molecular complexity index is 3170. The lowest BCUT2D eigenvalue weighted by Crippen LogP contribution is -2.55. The van der Waals surface area contributed by atoms with Crippen LogP contribution in [0.25, 0.3) is 72.8 Å². The third-order valence-electron chi connectivity index (χ3n) is 12.4. The van der Waals surface area contributed by atoms with Crippen LogP contribution in [0, 0.1) is 41.5 Å². The number of benzene rings is 8. The molecule has 62 heavy (non-hydrogen) atoms. The zero-order chi connectivity index (χ0) is 42.5. The number of aromatic nitrogens is 4. The lowest BCUT2D eigenvalue weighted by atomic mass is 9.34. The van der Waals surface area contributed by atoms with E-state index in [9.17, 15) is 0 Å². The summed E-state index contributed by atoms with van der Waals surface area (Å²) in [6.45, 7) is 13.5. The van der Waals surface area contributed by atoms with Gasteiger partial charge in [-0.15, -0.1) is 0 Å². The summed E-state index contributed by atoms with van der Waals surface area (Å²) >= 11 is 0. The van der Waals surface area contributed by atoms with E-state index in [1.807, 2.05) is 18.2 Å². The predicted molar refractivity (Wildman–Crippen MR) is 262 cm³/mol. The van der Waals surface area contributed by atoms with Crippen LogP contribution in [-0.4, -0.2) is 26.2 Å². The Morgan fingerprint density at radius 1 is 0.355 bits per heavy atom. The molecule has 0 aliphatic carbocycles. The smallest absolute Gasteiger partial charge is 0.242 e. The normalized spacial score (nSPS) is 11.4. The van der Waals surface area contributed by atoms with Crippen molar-refractivity contribution in [3.63, 3.8) is 0 Å². The zero-order valence-electron chi connectivity index (χ0n) is 36.1. The molecule has 0 aliphatic rings. The maximum Gasteiger partial charge on any atom is 0.242 e. The summed E-state index contributed by atoms with van der Waals surface area (Å²) in [5.41, 5.74) is 20.5. The van der Waals surface area contributed by atoms with Gasteiger partial charge in [0.15, 0.2) is 17.5 Å². The van der Waals surface area contributed by atoms with Crippen molar-refractivity contribution in [1.82, 2.24) is 19.5 Å². The van der Waals surface area contributed by atoms with E-state index >= 15 is 0 Å². The Hall–Kier alpha value is -7.37. The number of hydrogen-bond acceptors (Lipinski definition) is 3. The zero-order valence-corrected chi connectivity index (χ0v) is 36.1. The van der Waals surface area contributed by atoms with Crippen LogP contribution in [0.2, 0.25) is 0 Å². The summed E-state index contributed by atoms with van der Waals surface area (Å²) in [5, 5.41) is 2.46. The fraction of sp³-hybridized carbons (Fsp3) is 0.105. The minimum atomic E-state index is 0.0841. The first kappa shape index (κ1) is 38.8. The topological polar surface area (TPSA) is 43.6 Å². The maximum absolute atomic E-state index is 5.15. The number of para-hydroxylation sites is 2. The predicted octanol–water partition coefficient (Wildman–Crippen LogP) is 12.0. The van der Waals surface area contributed by atoms with Gasteiger partial charge < -0.3 is 4.57 Å². The van der Waals surface area contributed by atoms with Crippen molar-refractivity contribution in [3.05, 3.63) is 209 Å². The molecule has 0 saturated carbocycles. The molecule has 10 aromatic rings. The maximum atomic E-state index is 5.15. The van der Waals surface area contributed by atoms with E-state index in [2.05, 4.69) is 204 Å². The number of hydrogen-bond donors (Lipinski definition) is 0. The molecule has 2 aromatic heterocycles. The first-order valence-corrected chi connectivity index (χ1v) is 21.5. The highest BCUT2D eigenvalue weighted by atomic mass is 15.0. The Labute approximate surface area is 364 Å². The first-order valence-electron chi connectivity index (χ1n) is 21.5. The molecule has 0 atom stereocenters. The quantitative estimate of drug-likeness (QED) is 0.144. The fourth-order valence-electron chi connectivity index (χ4n) is 9.77. The van der Waals surface area contributed by atoms with Crippen LogP contribution < -0.4 is 16.4 Å². The molecule has 0 bridgehead atoms. The second-order valence-electron chi connectivity index (χ2n) is 16.8. The van der Waals surface area contributed by atoms with Gasteiger partial charge in [0.25, 0.3) is 0 Å². The molecule has 0 radical (unpaired) electrons. The van der Waals surface area contributed by atoms with Crippen molar-refractivity contribution in [1.29, 1.82) is 0 Å². The van der Waals surface area contributed by atoms with E-state index in [1.54, 1.807) is 0 Å². The third-order valence-corrected chi connectivity index (χ3v) is 12.4. The molecule has 0 N–H and O–H groups in total. The van der Waals surface area contributed by atoms with Crippen LogP contribution in [0.4, 0.5) is 0 Å². The summed E-state index contributed by atoms with van der Waals surface area (Å²) in [5.74, 6) is 1.93. The van der Waals surface area contributed by atoms with Gasteiger partial charge in [-0.05, 0) is 83.0 Å². The van der Waals surface area contributed by atoms with Crippen molar-refractivity contribution >= 4 is 44.9 Å². The second kappa shape index (κ2) is 15.9. The molecule has 4 nitrogen and oxygen atoms in total. The van der Waals surface area contributed by atoms with Gasteiger partial charge in [0.1, 0.15) is 0 Å². The summed E-state index contributed by atoms with van der Waals surface area (Å²) in [7, 11) is 0. The molecule has 0 aliphatic heterocycles. The Kier molecular flexibility index (Phi) is 9.96. The molecule has 0 amide bonds. The molecule has 0 unspecified atom stereocenters. The first-order chi connectivity index (χ1) is 30.2. The second-order valence-corrected chi connectivity index (χ2v) is 16.8. The van der Waals surface area contributed by atoms with Crippen LogP contribution >= 0.6 is 0 Å². The van der Waals surface area contributed by atoms with Crippen molar-refractivity contribution < 1.29 is 0 Å². The van der Waals surface area contributed by atoms with E-state index < -0.39 is 0 Å². The van der Waals surface area contributed by atoms with Gasteiger partial charge >= 0.3 is 0 Å². The molecule has 2 heterocycles. The largest absolute Gasteiger partial charge is 0.309 e. The molecule has 0 spiro atoms. The minimum absolute atomic E-state index is 0.0841. The number of fused-ring (bicyclic) bond motifs is 3. The monoisotopic (exact) mass is 798 g/mol. The van der Waals surface area contributed by atoms with Crippen LogP contribution in [0.15, 0.2) is 176 Å². The van der Waals surface area contributed by atoms with E-state index in [0.29, 0.717) is 17.5 Å². The van der Waals surface area contributed by atoms with Gasteiger partial charge in [0.05, 0.1) is 11.0 Å². The fourth-order valence-corrected chi connectivity index (χ4v) is 9.77. The van der Waals surface area contributed by atoms with E-state index in [1.165, 1.54) is 71.6 Å². The van der Waals surface area contributed by atoms with Gasteiger partial charge in [-0.2, -0.15) is 0 Å². The highest BCUT2D eigenvalue weighted by Crippen LogP contribution is 2.35. The molecular formula is C57H47BN4. The number of nitrogens with zero attached hydrogens (tertiary/aromatic N) is 4. The molecule has 298 valence electrons. The Balaban J connectivity index is 1.04. The highest BCUT2D eigenvalue weighted by Gasteiger charge is 2.28. The van der Waals surface area contributed by atoms with Gasteiger partial charge in [-0.25, -0.2) is 15.0 Å². The van der Waals surface area contributed by atoms with Gasteiger partial charge in [-0.1, -0.05) is 195 Å². The average Bonchev–Trinajstić information content (AvgIpc) is 3.62. The SMILES string of the molecule is Cc1cc(C)c(B(c2ccc(-c3nc(-c4ccccc4)nc(-c4ccc(-c5ccc6c(c5)c5ccccc5n6-c5ccccc5)cc4)n3)cc2)c2c(C)cc(C)cc2C)c(C)c1. The standard InChI is InChI=1S/C57H47BN4/c1-36-31-38(3)53(39(4)32-36)58(54-40(5)33-37(2)34-41(54)6)47-28-25-45(26-29-47)57-60-55(43-15-9-7-10-16-43)59-56(61-57)44-23-21-42(22-24-44)46-27-30-52-50(35-46)49-19-13-14-20-51(49)62(52)48-17-11-8-12-18-48/h7-35H,1-6H3. The van der Waals surface area contributed by atoms with E-state index in [0.717, 1.165) is 33.5 Å². The van der Waals surface area contributed by atoms with Crippen molar-refractivity contribution in [2.24, 2.45) is 0 Å². The lowest BCUT2D eigenvalue weighted by molar-refractivity contribution is 1.07. The van der Waals surface area contributed by atoms with Crippen LogP contribution in [0.1, 0.15) is 33.4 Å². The average molecular weight is 799 g/mol. The molecule has 10 rings (SSSR count). The van der Waals surface area contributed by atoms with Gasteiger partial charge in [-0.3, -0.25) is 0 Å². The highest BCUT2D eigenvalue weighted by molar-refractivity contribution is 6.96. The van der Waals surface area contributed by atoms with Crippen molar-refractivity contribution in [2.45, 2.75) is 41.5 Å². The van der Waals surface area contributed by atoms with Crippen LogP contribution in [0.3, 0.4) is 0 Å². The summed E-state index contributed by atoms with van der Waals surface area (Å²) < 4.78 is 2.35. The Morgan fingerprint density at radius 2 is 0.774 bits per heavy atom. The summed E-state index contributed by atoms with van der Waals surface area (Å²) in [6, 6.07) is 63.0. The molecular weight excluding hydrogens is 751 g/mol. The molecule has 5 heteroatoms. The Morgan fingerprint density at radius 3 is 1.32 bits per heavy atom. The number of rotatable bonds is 8. The number of aryl methyl sites for hydroxylation is 6. The molecule has 0 saturated heterocycles. The van der Waals surface area contributed by atoms with Crippen LogP contribution in [0.5, 0.6) is 0 Å². The summed E-state index contributed by atoms with van der Waals surface area (Å²) in [4.78, 5) is 15.3. The van der Waals surface area contributed by atoms with E-state index in [-0.39, 0.29) is 6.71 Å².